The van der Waals surface area contributed by atoms with Gasteiger partial charge >= 0.3 is 6.01 Å². The second kappa shape index (κ2) is 10.5. The fraction of sp³-hybridized carbons (Fsp3) is 0.593. The molecular weight excluding hydrogens is 472 g/mol. The van der Waals surface area contributed by atoms with Crippen LogP contribution in [0.1, 0.15) is 36.3 Å². The molecule has 0 spiro atoms. The molecule has 0 radical (unpaired) electrons. The molecule has 0 amide bonds. The molecule has 3 fully saturated rings. The molecule has 6 rings (SSSR count). The van der Waals surface area contributed by atoms with Crippen molar-refractivity contribution in [1.82, 2.24) is 24.6 Å². The highest BCUT2D eigenvalue weighted by Gasteiger charge is 2.29. The molecule has 1 unspecified atom stereocenters. The van der Waals surface area contributed by atoms with Gasteiger partial charge in [-0.25, -0.2) is 4.68 Å². The first-order chi connectivity index (χ1) is 18.1. The molecule has 3 aliphatic heterocycles. The first-order valence-electron chi connectivity index (χ1n) is 13.3. The third-order valence-corrected chi connectivity index (χ3v) is 8.09. The van der Waals surface area contributed by atoms with Crippen LogP contribution in [0.5, 0.6) is 6.01 Å². The molecule has 5 heterocycles. The van der Waals surface area contributed by atoms with Gasteiger partial charge in [-0.2, -0.15) is 15.1 Å². The Morgan fingerprint density at radius 1 is 1.05 bits per heavy atom. The number of morpholine rings is 1. The number of rotatable bonds is 6. The molecular formula is C27H36N6O4. The maximum absolute atomic E-state index is 9.57. The maximum Gasteiger partial charge on any atom is 0.320 e. The Morgan fingerprint density at radius 3 is 2.65 bits per heavy atom. The van der Waals surface area contributed by atoms with Gasteiger partial charge in [0.05, 0.1) is 44.7 Å². The number of aromatic nitrogens is 4. The van der Waals surface area contributed by atoms with E-state index >= 15 is 0 Å². The normalized spacial score (nSPS) is 23.7. The third-order valence-electron chi connectivity index (χ3n) is 8.09. The summed E-state index contributed by atoms with van der Waals surface area (Å²) in [5.74, 6) is 1.93. The molecule has 1 N–H and O–H groups in total. The van der Waals surface area contributed by atoms with Gasteiger partial charge in [0.1, 0.15) is 5.82 Å². The maximum atomic E-state index is 9.57. The van der Waals surface area contributed by atoms with Crippen LogP contribution in [0.3, 0.4) is 0 Å². The number of fused-ring (bicyclic) bond motifs is 1. The van der Waals surface area contributed by atoms with Crippen LogP contribution in [0.25, 0.3) is 16.7 Å². The van der Waals surface area contributed by atoms with Crippen molar-refractivity contribution in [2.24, 2.45) is 0 Å². The summed E-state index contributed by atoms with van der Waals surface area (Å²) < 4.78 is 18.6. The van der Waals surface area contributed by atoms with Crippen LogP contribution in [0, 0.1) is 6.92 Å². The van der Waals surface area contributed by atoms with E-state index in [9.17, 15) is 5.11 Å². The van der Waals surface area contributed by atoms with Crippen LogP contribution >= 0.6 is 0 Å². The standard InChI is InChI=1S/C27H36N6O4/c1-18-11-20-14-28-33(24(20)12-23(18)19-3-6-31(7-4-19)21-5-9-36-17-21)26-13-25(29-27(30-26)35-2)32-8-10-37-22(15-32)16-34/h11-14,19,21-22,34H,3-10,15-17H2,1-2H3/t21?,22-/m1/s1. The summed E-state index contributed by atoms with van der Waals surface area (Å²) in [5, 5.41) is 15.4. The number of ether oxygens (including phenoxy) is 3. The Kier molecular flexibility index (Phi) is 6.98. The lowest BCUT2D eigenvalue weighted by atomic mass is 9.86. The van der Waals surface area contributed by atoms with Gasteiger partial charge in [0.15, 0.2) is 5.82 Å². The number of hydrogen-bond acceptors (Lipinski definition) is 9. The van der Waals surface area contributed by atoms with Gasteiger partial charge in [-0.15, -0.1) is 0 Å². The zero-order chi connectivity index (χ0) is 25.4. The van der Waals surface area contributed by atoms with Crippen molar-refractivity contribution in [3.05, 3.63) is 35.5 Å². The molecule has 198 valence electrons. The molecule has 3 saturated heterocycles. The quantitative estimate of drug-likeness (QED) is 0.538. The Balaban J connectivity index is 1.30. The van der Waals surface area contributed by atoms with Crippen LogP contribution in [0.15, 0.2) is 24.4 Å². The molecule has 10 heteroatoms. The fourth-order valence-corrected chi connectivity index (χ4v) is 6.01. The second-order valence-corrected chi connectivity index (χ2v) is 10.3. The molecule has 3 aliphatic rings. The summed E-state index contributed by atoms with van der Waals surface area (Å²) in [5.41, 5.74) is 3.75. The van der Waals surface area contributed by atoms with E-state index < -0.39 is 0 Å². The minimum absolute atomic E-state index is 0.0230. The van der Waals surface area contributed by atoms with Crippen molar-refractivity contribution in [3.8, 4) is 11.8 Å². The Bertz CT molecular complexity index is 1240. The lowest BCUT2D eigenvalue weighted by Gasteiger charge is -2.36. The van der Waals surface area contributed by atoms with Gasteiger partial charge in [0.25, 0.3) is 0 Å². The van der Waals surface area contributed by atoms with Crippen molar-refractivity contribution < 1.29 is 19.3 Å². The van der Waals surface area contributed by atoms with Crippen LogP contribution in [-0.2, 0) is 9.47 Å². The second-order valence-electron chi connectivity index (χ2n) is 10.3. The van der Waals surface area contributed by atoms with E-state index in [4.69, 9.17) is 19.3 Å². The minimum atomic E-state index is -0.234. The Labute approximate surface area is 217 Å². The average Bonchev–Trinajstić information content (AvgIpc) is 3.63. The van der Waals surface area contributed by atoms with Crippen LogP contribution in [0.2, 0.25) is 0 Å². The predicted octanol–water partition coefficient (Wildman–Crippen LogP) is 2.30. The monoisotopic (exact) mass is 508 g/mol. The fourth-order valence-electron chi connectivity index (χ4n) is 6.01. The SMILES string of the molecule is COc1nc(N2CCO[C@@H](CO)C2)cc(-n2ncc3cc(C)c(C4CCN(C5CCOC5)CC4)cc32)n1. The van der Waals surface area contributed by atoms with Gasteiger partial charge in [0.2, 0.25) is 0 Å². The number of likely N-dealkylation sites (tertiary alicyclic amines) is 1. The van der Waals surface area contributed by atoms with Gasteiger partial charge < -0.3 is 24.2 Å². The average molecular weight is 509 g/mol. The van der Waals surface area contributed by atoms with Gasteiger partial charge in [0, 0.05) is 37.2 Å². The smallest absolute Gasteiger partial charge is 0.320 e. The highest BCUT2D eigenvalue weighted by atomic mass is 16.5. The molecule has 37 heavy (non-hydrogen) atoms. The summed E-state index contributed by atoms with van der Waals surface area (Å²) in [6.45, 7) is 7.99. The van der Waals surface area contributed by atoms with Crippen molar-refractivity contribution >= 4 is 16.7 Å². The van der Waals surface area contributed by atoms with E-state index in [1.807, 2.05) is 16.9 Å². The van der Waals surface area contributed by atoms with E-state index in [0.29, 0.717) is 43.5 Å². The minimum Gasteiger partial charge on any atom is -0.467 e. The first kappa shape index (κ1) is 24.5. The number of aliphatic hydroxyl groups excluding tert-OH is 1. The molecule has 10 nitrogen and oxygen atoms in total. The van der Waals surface area contributed by atoms with Gasteiger partial charge in [-0.05, 0) is 68.5 Å². The van der Waals surface area contributed by atoms with E-state index in [2.05, 4.69) is 38.8 Å². The van der Waals surface area contributed by atoms with E-state index in [0.717, 1.165) is 62.3 Å². The third kappa shape index (κ3) is 4.90. The number of methoxy groups -OCH3 is 1. The zero-order valence-electron chi connectivity index (χ0n) is 21.7. The number of hydrogen-bond donors (Lipinski definition) is 1. The predicted molar refractivity (Wildman–Crippen MR) is 140 cm³/mol. The largest absolute Gasteiger partial charge is 0.467 e. The van der Waals surface area contributed by atoms with Crippen LogP contribution in [0.4, 0.5) is 5.82 Å². The molecule has 2 atom stereocenters. The highest BCUT2D eigenvalue weighted by molar-refractivity contribution is 5.82. The van der Waals surface area contributed by atoms with Gasteiger partial charge in [-0.3, -0.25) is 4.90 Å². The van der Waals surface area contributed by atoms with Crippen molar-refractivity contribution in [1.29, 1.82) is 0 Å². The number of aliphatic hydroxyl groups is 1. The van der Waals surface area contributed by atoms with Crippen LogP contribution < -0.4 is 9.64 Å². The number of anilines is 1. The summed E-state index contributed by atoms with van der Waals surface area (Å²) in [6.07, 6.45) is 5.14. The molecule has 0 saturated carbocycles. The molecule has 0 aliphatic carbocycles. The Hall–Kier alpha value is -2.79. The van der Waals surface area contributed by atoms with E-state index in [1.54, 1.807) is 7.11 Å². The number of nitrogens with zero attached hydrogens (tertiary/aromatic N) is 6. The molecule has 1 aromatic carbocycles. The van der Waals surface area contributed by atoms with Gasteiger partial charge in [-0.1, -0.05) is 0 Å². The summed E-state index contributed by atoms with van der Waals surface area (Å²) in [7, 11) is 1.57. The number of benzene rings is 1. The van der Waals surface area contributed by atoms with E-state index in [1.165, 1.54) is 11.1 Å². The number of piperidine rings is 1. The van der Waals surface area contributed by atoms with Crippen LogP contribution in [-0.4, -0.2) is 102 Å². The Morgan fingerprint density at radius 2 is 1.89 bits per heavy atom. The zero-order valence-corrected chi connectivity index (χ0v) is 21.7. The first-order valence-corrected chi connectivity index (χ1v) is 13.3. The van der Waals surface area contributed by atoms with E-state index in [-0.39, 0.29) is 12.7 Å². The number of aryl methyl sites for hydroxylation is 1. The highest BCUT2D eigenvalue weighted by Crippen LogP contribution is 2.35. The molecule has 0 bridgehead atoms. The molecule has 2 aromatic heterocycles. The van der Waals surface area contributed by atoms with Crippen molar-refractivity contribution in [2.45, 2.75) is 44.2 Å². The van der Waals surface area contributed by atoms with Crippen molar-refractivity contribution in [2.75, 3.05) is 64.6 Å². The van der Waals surface area contributed by atoms with Crippen molar-refractivity contribution in [3.63, 3.8) is 0 Å². The topological polar surface area (TPSA) is 98.0 Å². The molecule has 3 aromatic rings. The summed E-state index contributed by atoms with van der Waals surface area (Å²) in [6, 6.07) is 7.38. The summed E-state index contributed by atoms with van der Waals surface area (Å²) >= 11 is 0. The lowest BCUT2D eigenvalue weighted by molar-refractivity contribution is 0.00333. The summed E-state index contributed by atoms with van der Waals surface area (Å²) in [4.78, 5) is 13.9. The lowest BCUT2D eigenvalue weighted by Crippen LogP contribution is -2.44.